The number of benzene rings is 2. The van der Waals surface area contributed by atoms with Crippen molar-refractivity contribution < 1.29 is 18.9 Å². The second-order valence-corrected chi connectivity index (χ2v) is 6.90. The van der Waals surface area contributed by atoms with Gasteiger partial charge in [-0.25, -0.2) is 4.79 Å². The lowest BCUT2D eigenvalue weighted by atomic mass is 10.0. The minimum absolute atomic E-state index is 0.203. The monoisotopic (exact) mass is 406 g/mol. The Hall–Kier alpha value is -3.81. The van der Waals surface area contributed by atoms with Gasteiger partial charge < -0.3 is 19.4 Å². The number of hydrogen-bond donors (Lipinski definition) is 2. The van der Waals surface area contributed by atoms with Crippen LogP contribution in [0.2, 0.25) is 0 Å². The van der Waals surface area contributed by atoms with Crippen molar-refractivity contribution in [3.63, 3.8) is 0 Å². The average molecular weight is 406 g/mol. The highest BCUT2D eigenvalue weighted by molar-refractivity contribution is 5.94. The van der Waals surface area contributed by atoms with E-state index in [1.807, 2.05) is 54.6 Å². The number of carbonyl (C=O) groups excluding carboxylic acids is 1. The van der Waals surface area contributed by atoms with E-state index in [1.165, 1.54) is 0 Å². The van der Waals surface area contributed by atoms with Crippen molar-refractivity contribution in [3.05, 3.63) is 66.4 Å². The van der Waals surface area contributed by atoms with Gasteiger partial charge in [-0.15, -0.1) is 0 Å². The van der Waals surface area contributed by atoms with Gasteiger partial charge in [-0.1, -0.05) is 58.8 Å². The molecule has 2 aromatic carbocycles. The molecule has 0 bridgehead atoms. The van der Waals surface area contributed by atoms with E-state index in [2.05, 4.69) is 20.9 Å². The Morgan fingerprint density at radius 3 is 2.77 bits per heavy atom. The molecule has 0 spiro atoms. The van der Waals surface area contributed by atoms with Crippen molar-refractivity contribution in [2.45, 2.75) is 19.4 Å². The minimum atomic E-state index is -0.398. The highest BCUT2D eigenvalue weighted by Crippen LogP contribution is 2.30. The normalized spacial score (nSPS) is 15.2. The van der Waals surface area contributed by atoms with Crippen LogP contribution in [0.1, 0.15) is 12.1 Å². The van der Waals surface area contributed by atoms with Crippen molar-refractivity contribution in [2.24, 2.45) is 5.16 Å². The van der Waals surface area contributed by atoms with Crippen molar-refractivity contribution in [3.8, 4) is 16.9 Å². The van der Waals surface area contributed by atoms with Gasteiger partial charge in [0, 0.05) is 18.1 Å². The summed E-state index contributed by atoms with van der Waals surface area (Å²) in [7, 11) is 0. The van der Waals surface area contributed by atoms with Crippen LogP contribution in [0.25, 0.3) is 11.1 Å². The van der Waals surface area contributed by atoms with Crippen LogP contribution in [-0.4, -0.2) is 36.2 Å². The van der Waals surface area contributed by atoms with E-state index in [1.54, 1.807) is 13.0 Å². The molecule has 1 aliphatic rings. The van der Waals surface area contributed by atoms with Crippen LogP contribution >= 0.6 is 0 Å². The Balaban J connectivity index is 1.24. The lowest BCUT2D eigenvalue weighted by Gasteiger charge is -2.14. The van der Waals surface area contributed by atoms with Gasteiger partial charge in [0.15, 0.2) is 6.10 Å². The molecule has 8 nitrogen and oxygen atoms in total. The van der Waals surface area contributed by atoms with E-state index in [0.717, 1.165) is 22.6 Å². The molecule has 2 heterocycles. The molecule has 0 saturated carbocycles. The number of rotatable bonds is 7. The molecule has 30 heavy (non-hydrogen) atoms. The molecule has 0 radical (unpaired) electrons. The van der Waals surface area contributed by atoms with E-state index in [-0.39, 0.29) is 18.5 Å². The van der Waals surface area contributed by atoms with Gasteiger partial charge in [0.2, 0.25) is 5.88 Å². The summed E-state index contributed by atoms with van der Waals surface area (Å²) in [5, 5.41) is 13.0. The summed E-state index contributed by atoms with van der Waals surface area (Å²) in [4.78, 5) is 17.4. The first-order valence-electron chi connectivity index (χ1n) is 9.64. The first-order valence-corrected chi connectivity index (χ1v) is 9.64. The zero-order valence-corrected chi connectivity index (χ0v) is 16.5. The van der Waals surface area contributed by atoms with Gasteiger partial charge in [-0.2, -0.15) is 0 Å². The molecular weight excluding hydrogens is 384 g/mol. The van der Waals surface area contributed by atoms with Crippen LogP contribution in [0.3, 0.4) is 0 Å². The molecule has 0 saturated heterocycles. The fraction of sp³-hybridized carbons (Fsp3) is 0.227. The summed E-state index contributed by atoms with van der Waals surface area (Å²) in [5.74, 6) is 1.08. The molecule has 1 aromatic heterocycles. The molecule has 1 unspecified atom stereocenters. The number of nitrogens with one attached hydrogen (secondary N) is 2. The third-order valence-corrected chi connectivity index (χ3v) is 4.51. The fourth-order valence-corrected chi connectivity index (χ4v) is 3.07. The predicted molar refractivity (Wildman–Crippen MR) is 113 cm³/mol. The number of ether oxygens (including phenoxy) is 1. The van der Waals surface area contributed by atoms with Crippen molar-refractivity contribution in [1.82, 2.24) is 10.5 Å². The van der Waals surface area contributed by atoms with Gasteiger partial charge >= 0.3 is 6.03 Å². The maximum atomic E-state index is 11.9. The van der Waals surface area contributed by atoms with Crippen LogP contribution < -0.4 is 15.4 Å². The molecular formula is C22H22N4O4. The smallest absolute Gasteiger partial charge is 0.321 e. The van der Waals surface area contributed by atoms with Gasteiger partial charge in [0.05, 0.1) is 18.0 Å². The molecule has 154 valence electrons. The molecule has 3 aromatic rings. The standard InChI is InChI=1S/C22H22N4O4/c1-15-11-21(30-25-15)24-22(27)23-13-17-12-18(29-26-17)14-28-20-10-6-5-9-19(20)16-7-3-2-4-8-16/h2-11,18H,12-14H2,1H3,(H2,23,24,27). The van der Waals surface area contributed by atoms with Crippen LogP contribution in [0.5, 0.6) is 5.75 Å². The van der Waals surface area contributed by atoms with Crippen LogP contribution in [0.15, 0.2) is 70.3 Å². The Morgan fingerprint density at radius 2 is 1.97 bits per heavy atom. The predicted octanol–water partition coefficient (Wildman–Crippen LogP) is 4.00. The van der Waals surface area contributed by atoms with E-state index in [9.17, 15) is 4.79 Å². The summed E-state index contributed by atoms with van der Waals surface area (Å²) >= 11 is 0. The van der Waals surface area contributed by atoms with E-state index in [0.29, 0.717) is 18.7 Å². The van der Waals surface area contributed by atoms with Gasteiger partial charge in [-0.05, 0) is 18.6 Å². The van der Waals surface area contributed by atoms with Crippen molar-refractivity contribution >= 4 is 17.6 Å². The van der Waals surface area contributed by atoms with Gasteiger partial charge in [0.25, 0.3) is 0 Å². The minimum Gasteiger partial charge on any atom is -0.489 e. The largest absolute Gasteiger partial charge is 0.489 e. The number of para-hydroxylation sites is 1. The number of carbonyl (C=O) groups is 1. The Labute approximate surface area is 173 Å². The van der Waals surface area contributed by atoms with Crippen molar-refractivity contribution in [2.75, 3.05) is 18.5 Å². The molecule has 4 rings (SSSR count). The van der Waals surface area contributed by atoms with Crippen LogP contribution in [-0.2, 0) is 4.84 Å². The average Bonchev–Trinajstić information content (AvgIpc) is 3.40. The highest BCUT2D eigenvalue weighted by atomic mass is 16.7. The molecule has 8 heteroatoms. The summed E-state index contributed by atoms with van der Waals surface area (Å²) in [6.45, 7) is 2.41. The van der Waals surface area contributed by atoms with Gasteiger partial charge in [0.1, 0.15) is 12.4 Å². The lowest BCUT2D eigenvalue weighted by Crippen LogP contribution is -2.33. The molecule has 1 atom stereocenters. The number of nitrogens with zero attached hydrogens (tertiary/aromatic N) is 2. The zero-order chi connectivity index (χ0) is 20.8. The number of aromatic nitrogens is 1. The third-order valence-electron chi connectivity index (χ3n) is 4.51. The number of anilines is 1. The van der Waals surface area contributed by atoms with Crippen molar-refractivity contribution in [1.29, 1.82) is 0 Å². The lowest BCUT2D eigenvalue weighted by molar-refractivity contribution is 0.0472. The number of aryl methyl sites for hydroxylation is 1. The molecule has 0 fully saturated rings. The van der Waals surface area contributed by atoms with E-state index >= 15 is 0 Å². The zero-order valence-electron chi connectivity index (χ0n) is 16.5. The Kier molecular flexibility index (Phi) is 5.93. The molecule has 2 N–H and O–H groups in total. The second-order valence-electron chi connectivity index (χ2n) is 6.90. The van der Waals surface area contributed by atoms with Gasteiger partial charge in [-0.3, -0.25) is 5.32 Å². The molecule has 0 aliphatic carbocycles. The maximum Gasteiger partial charge on any atom is 0.321 e. The fourth-order valence-electron chi connectivity index (χ4n) is 3.07. The first kappa shape index (κ1) is 19.5. The summed E-state index contributed by atoms with van der Waals surface area (Å²) in [6.07, 6.45) is 0.375. The third kappa shape index (κ3) is 4.96. The number of amides is 2. The topological polar surface area (TPSA) is 98.0 Å². The van der Waals surface area contributed by atoms with E-state index in [4.69, 9.17) is 14.1 Å². The Morgan fingerprint density at radius 1 is 1.17 bits per heavy atom. The number of urea groups is 1. The first-order chi connectivity index (χ1) is 14.7. The van der Waals surface area contributed by atoms with Crippen LogP contribution in [0, 0.1) is 6.92 Å². The number of hydrogen-bond acceptors (Lipinski definition) is 6. The summed E-state index contributed by atoms with van der Waals surface area (Å²) < 4.78 is 11.0. The quantitative estimate of drug-likeness (QED) is 0.618. The van der Waals surface area contributed by atoms with Crippen LogP contribution in [0.4, 0.5) is 10.7 Å². The SMILES string of the molecule is Cc1cc(NC(=O)NCC2=NOC(COc3ccccc3-c3ccccc3)C2)on1. The maximum absolute atomic E-state index is 11.9. The highest BCUT2D eigenvalue weighted by Gasteiger charge is 2.22. The Bertz CT molecular complexity index is 1030. The van der Waals surface area contributed by atoms with E-state index < -0.39 is 6.03 Å². The number of oxime groups is 1. The summed E-state index contributed by atoms with van der Waals surface area (Å²) in [5.41, 5.74) is 3.55. The second kappa shape index (κ2) is 9.13. The molecule has 2 amide bonds. The summed E-state index contributed by atoms with van der Waals surface area (Å²) in [6, 6.07) is 19.2. The molecule has 1 aliphatic heterocycles.